The molecule has 4 rings (SSSR count). The summed E-state index contributed by atoms with van der Waals surface area (Å²) in [5.74, 6) is 0.806. The van der Waals surface area contributed by atoms with Crippen LogP contribution in [0.3, 0.4) is 0 Å². The fraction of sp³-hybridized carbons (Fsp3) is 0.292. The van der Waals surface area contributed by atoms with Gasteiger partial charge in [-0.25, -0.2) is 4.79 Å². The Morgan fingerprint density at radius 1 is 0.969 bits per heavy atom. The molecule has 0 saturated heterocycles. The average molecular weight is 495 g/mol. The predicted molar refractivity (Wildman–Crippen MR) is 128 cm³/mol. The van der Waals surface area contributed by atoms with Crippen molar-refractivity contribution in [1.82, 2.24) is 4.57 Å². The van der Waals surface area contributed by atoms with Crippen LogP contribution in [0.4, 0.5) is 0 Å². The molecule has 0 bridgehead atoms. The fourth-order valence-electron chi connectivity index (χ4n) is 4.32. The molecule has 1 aliphatic heterocycles. The summed E-state index contributed by atoms with van der Waals surface area (Å²) in [4.78, 5) is 13.3. The summed E-state index contributed by atoms with van der Waals surface area (Å²) in [6.45, 7) is 4.68. The lowest BCUT2D eigenvalue weighted by Crippen LogP contribution is -2.15. The molecule has 0 atom stereocenters. The highest BCUT2D eigenvalue weighted by atomic mass is 35.5. The van der Waals surface area contributed by atoms with Crippen molar-refractivity contribution in [2.45, 2.75) is 26.8 Å². The third-order valence-corrected chi connectivity index (χ3v) is 6.79. The van der Waals surface area contributed by atoms with Gasteiger partial charge in [-0.15, -0.1) is 0 Å². The summed E-state index contributed by atoms with van der Waals surface area (Å²) >= 11 is 19.0. The van der Waals surface area contributed by atoms with Crippen molar-refractivity contribution < 1.29 is 19.0 Å². The number of rotatable bonds is 5. The Hall–Kier alpha value is -2.34. The van der Waals surface area contributed by atoms with Crippen LogP contribution in [0.1, 0.15) is 28.5 Å². The van der Waals surface area contributed by atoms with Gasteiger partial charge in [0.25, 0.3) is 0 Å². The Bertz CT molecular complexity index is 1230. The maximum atomic E-state index is 13.3. The summed E-state index contributed by atoms with van der Waals surface area (Å²) in [7, 11) is 3.19. The number of carbonyl (C=O) groups excluding carboxylic acids is 1. The second-order valence-electron chi connectivity index (χ2n) is 7.42. The minimum absolute atomic E-state index is 0.246. The molecule has 0 spiro atoms. The number of aromatic nitrogens is 1. The number of esters is 1. The molecule has 0 N–H and O–H groups in total. The zero-order chi connectivity index (χ0) is 23.2. The fourth-order valence-corrected chi connectivity index (χ4v) is 4.96. The Kier molecular flexibility index (Phi) is 6.35. The van der Waals surface area contributed by atoms with E-state index >= 15 is 0 Å². The largest absolute Gasteiger partial charge is 0.493 e. The van der Waals surface area contributed by atoms with Crippen molar-refractivity contribution in [3.63, 3.8) is 0 Å². The number of hydrogen-bond donors (Lipinski definition) is 0. The molecule has 0 saturated carbocycles. The van der Waals surface area contributed by atoms with Crippen LogP contribution in [0.5, 0.6) is 11.5 Å². The molecule has 0 aliphatic carbocycles. The van der Waals surface area contributed by atoms with Gasteiger partial charge in [0.2, 0.25) is 0 Å². The molecule has 1 aliphatic rings. The van der Waals surface area contributed by atoms with Crippen LogP contribution in [0.15, 0.2) is 24.3 Å². The van der Waals surface area contributed by atoms with Crippen molar-refractivity contribution in [2.75, 3.05) is 20.8 Å². The van der Waals surface area contributed by atoms with Gasteiger partial charge >= 0.3 is 5.97 Å². The quantitative estimate of drug-likeness (QED) is 0.288. The van der Waals surface area contributed by atoms with Gasteiger partial charge in [-0.1, -0.05) is 34.8 Å². The minimum atomic E-state index is -0.427. The maximum absolute atomic E-state index is 13.3. The summed E-state index contributed by atoms with van der Waals surface area (Å²) < 4.78 is 18.6. The predicted octanol–water partition coefficient (Wildman–Crippen LogP) is 6.84. The lowest BCUT2D eigenvalue weighted by molar-refractivity contribution is 0.0528. The number of benzene rings is 2. The monoisotopic (exact) mass is 493 g/mol. The smallest absolute Gasteiger partial charge is 0.340 e. The van der Waals surface area contributed by atoms with Gasteiger partial charge in [0, 0.05) is 28.9 Å². The number of aryl methyl sites for hydroxylation is 1. The molecular formula is C24H22Cl3NO4. The van der Waals surface area contributed by atoms with Crippen molar-refractivity contribution in [2.24, 2.45) is 0 Å². The number of methoxy groups -OCH3 is 2. The van der Waals surface area contributed by atoms with Gasteiger partial charge in [-0.2, -0.15) is 0 Å². The van der Waals surface area contributed by atoms with Crippen LogP contribution >= 0.6 is 34.8 Å². The van der Waals surface area contributed by atoms with Gasteiger partial charge in [0.05, 0.1) is 47.2 Å². The van der Waals surface area contributed by atoms with Crippen LogP contribution < -0.4 is 9.47 Å². The zero-order valence-electron chi connectivity index (χ0n) is 18.1. The first-order valence-corrected chi connectivity index (χ1v) is 11.3. The molecule has 0 unspecified atom stereocenters. The molecule has 8 heteroatoms. The Morgan fingerprint density at radius 2 is 1.62 bits per heavy atom. The van der Waals surface area contributed by atoms with E-state index < -0.39 is 5.97 Å². The lowest BCUT2D eigenvalue weighted by Gasteiger charge is -2.23. The van der Waals surface area contributed by atoms with Gasteiger partial charge in [-0.05, 0) is 50.1 Å². The van der Waals surface area contributed by atoms with E-state index in [0.717, 1.165) is 28.9 Å². The van der Waals surface area contributed by atoms with E-state index in [-0.39, 0.29) is 6.61 Å². The third kappa shape index (κ3) is 3.62. The lowest BCUT2D eigenvalue weighted by atomic mass is 9.93. The van der Waals surface area contributed by atoms with Crippen molar-refractivity contribution in [3.8, 4) is 33.9 Å². The van der Waals surface area contributed by atoms with Crippen molar-refractivity contribution in [1.29, 1.82) is 0 Å². The van der Waals surface area contributed by atoms with E-state index in [1.165, 1.54) is 0 Å². The van der Waals surface area contributed by atoms with Gasteiger partial charge in [-0.3, -0.25) is 0 Å². The van der Waals surface area contributed by atoms with Gasteiger partial charge in [0.15, 0.2) is 11.5 Å². The standard InChI is InChI=1S/C24H22Cl3NO4/c1-5-32-24(29)22-21(15-9-17(26)18(27)11-16(15)25)12(2)28-7-6-13-8-19(30-3)20(31-4)10-14(13)23(22)28/h8-11H,5-7H2,1-4H3. The van der Waals surface area contributed by atoms with Gasteiger partial charge in [0.1, 0.15) is 0 Å². The molecule has 0 amide bonds. The van der Waals surface area contributed by atoms with Crippen molar-refractivity contribution >= 4 is 40.8 Å². The first-order chi connectivity index (χ1) is 15.3. The van der Waals surface area contributed by atoms with Crippen LogP contribution in [0.25, 0.3) is 22.4 Å². The molecular weight excluding hydrogens is 473 g/mol. The van der Waals surface area contributed by atoms with Crippen molar-refractivity contribution in [3.05, 3.63) is 56.2 Å². The zero-order valence-corrected chi connectivity index (χ0v) is 20.4. The first-order valence-electron chi connectivity index (χ1n) is 10.1. The topological polar surface area (TPSA) is 49.7 Å². The summed E-state index contributed by atoms with van der Waals surface area (Å²) in [5, 5.41) is 1.11. The number of hydrogen-bond acceptors (Lipinski definition) is 4. The molecule has 3 aromatic rings. The molecule has 1 aromatic heterocycles. The summed E-state index contributed by atoms with van der Waals surface area (Å²) in [5.41, 5.74) is 5.37. The van der Waals surface area contributed by atoms with E-state index in [0.29, 0.717) is 49.8 Å². The van der Waals surface area contributed by atoms with Crippen LogP contribution in [-0.4, -0.2) is 31.4 Å². The number of carbonyl (C=O) groups is 1. The normalized spacial score (nSPS) is 12.2. The van der Waals surface area contributed by atoms with Crippen LogP contribution in [-0.2, 0) is 17.7 Å². The van der Waals surface area contributed by atoms with E-state index in [9.17, 15) is 4.79 Å². The number of halogens is 3. The van der Waals surface area contributed by atoms with Gasteiger partial charge < -0.3 is 18.8 Å². The minimum Gasteiger partial charge on any atom is -0.493 e. The maximum Gasteiger partial charge on any atom is 0.340 e. The van der Waals surface area contributed by atoms with Crippen LogP contribution in [0.2, 0.25) is 15.1 Å². The Morgan fingerprint density at radius 3 is 2.28 bits per heavy atom. The number of nitrogens with zero attached hydrogens (tertiary/aromatic N) is 1. The van der Waals surface area contributed by atoms with E-state index in [1.807, 2.05) is 19.1 Å². The molecule has 168 valence electrons. The summed E-state index contributed by atoms with van der Waals surface area (Å²) in [6.07, 6.45) is 0.773. The van der Waals surface area contributed by atoms with E-state index in [4.69, 9.17) is 49.0 Å². The average Bonchev–Trinajstić information content (AvgIpc) is 3.08. The SMILES string of the molecule is CCOC(=O)c1c(-c2cc(Cl)c(Cl)cc2Cl)c(C)n2c1-c1cc(OC)c(OC)cc1CC2. The highest BCUT2D eigenvalue weighted by Crippen LogP contribution is 2.47. The molecule has 0 radical (unpaired) electrons. The molecule has 0 fully saturated rings. The molecule has 2 heterocycles. The number of ether oxygens (including phenoxy) is 3. The first kappa shape index (κ1) is 22.8. The molecule has 2 aromatic carbocycles. The third-order valence-electron chi connectivity index (χ3n) is 5.75. The Labute approximate surface area is 201 Å². The highest BCUT2D eigenvalue weighted by Gasteiger charge is 2.33. The second kappa shape index (κ2) is 8.89. The van der Waals surface area contributed by atoms with E-state index in [1.54, 1.807) is 33.3 Å². The number of fused-ring (bicyclic) bond motifs is 3. The highest BCUT2D eigenvalue weighted by molar-refractivity contribution is 6.44. The second-order valence-corrected chi connectivity index (χ2v) is 8.64. The molecule has 5 nitrogen and oxygen atoms in total. The van der Waals surface area contributed by atoms with Crippen LogP contribution in [0, 0.1) is 6.92 Å². The Balaban J connectivity index is 2.08. The van der Waals surface area contributed by atoms with E-state index in [2.05, 4.69) is 4.57 Å². The molecule has 32 heavy (non-hydrogen) atoms. The summed E-state index contributed by atoms with van der Waals surface area (Å²) in [6, 6.07) is 7.15.